The number of morpholine rings is 1. The summed E-state index contributed by atoms with van der Waals surface area (Å²) in [6.45, 7) is 0.950. The van der Waals surface area contributed by atoms with Gasteiger partial charge in [0.15, 0.2) is 12.1 Å². The van der Waals surface area contributed by atoms with Crippen LogP contribution < -0.4 is 4.74 Å². The zero-order chi connectivity index (χ0) is 14.8. The number of nitrogens with zero attached hydrogens (tertiary/aromatic N) is 1. The second-order valence-corrected chi connectivity index (χ2v) is 5.06. The lowest BCUT2D eigenvalue weighted by Gasteiger charge is -2.34. The number of fused-ring (bicyclic) bond motifs is 1. The van der Waals surface area contributed by atoms with Crippen molar-refractivity contribution in [3.63, 3.8) is 0 Å². The van der Waals surface area contributed by atoms with E-state index in [4.69, 9.17) is 14.2 Å². The van der Waals surface area contributed by atoms with Gasteiger partial charge in [0.05, 0.1) is 20.3 Å². The topological polar surface area (TPSA) is 65.1 Å². The van der Waals surface area contributed by atoms with Gasteiger partial charge in [0.25, 0.3) is 5.91 Å². The fraction of sp³-hybridized carbons (Fsp3) is 0.467. The number of para-hydroxylation sites is 1. The van der Waals surface area contributed by atoms with Crippen molar-refractivity contribution in [2.75, 3.05) is 26.9 Å². The molecule has 1 aromatic rings. The molecule has 0 radical (unpaired) electrons. The number of rotatable bonds is 2. The van der Waals surface area contributed by atoms with Crippen LogP contribution in [0.3, 0.4) is 0 Å². The molecule has 6 heteroatoms. The van der Waals surface area contributed by atoms with Gasteiger partial charge < -0.3 is 19.1 Å². The minimum Gasteiger partial charge on any atom is -0.480 e. The summed E-state index contributed by atoms with van der Waals surface area (Å²) in [6, 6.07) is 6.89. The van der Waals surface area contributed by atoms with Crippen molar-refractivity contribution in [3.8, 4) is 5.75 Å². The van der Waals surface area contributed by atoms with E-state index in [2.05, 4.69) is 0 Å². The fourth-order valence-electron chi connectivity index (χ4n) is 2.70. The van der Waals surface area contributed by atoms with Crippen molar-refractivity contribution in [2.45, 2.75) is 18.6 Å². The highest BCUT2D eigenvalue weighted by Crippen LogP contribution is 2.29. The minimum atomic E-state index is -0.691. The average molecular weight is 291 g/mol. The van der Waals surface area contributed by atoms with Crippen LogP contribution in [0, 0.1) is 0 Å². The number of amides is 1. The molecule has 0 saturated carbocycles. The molecule has 112 valence electrons. The van der Waals surface area contributed by atoms with Crippen molar-refractivity contribution in [2.24, 2.45) is 0 Å². The molecule has 1 amide bonds. The molecule has 0 aromatic heterocycles. The third-order valence-corrected chi connectivity index (χ3v) is 3.81. The first-order chi connectivity index (χ1) is 10.2. The van der Waals surface area contributed by atoms with Gasteiger partial charge in [0, 0.05) is 13.0 Å². The zero-order valence-corrected chi connectivity index (χ0v) is 11.8. The maximum Gasteiger partial charge on any atom is 0.331 e. The van der Waals surface area contributed by atoms with Crippen LogP contribution in [-0.4, -0.2) is 55.8 Å². The van der Waals surface area contributed by atoms with E-state index < -0.39 is 18.1 Å². The molecule has 1 saturated heterocycles. The molecular formula is C15H17NO5. The van der Waals surface area contributed by atoms with E-state index >= 15 is 0 Å². The molecule has 2 aliphatic heterocycles. The van der Waals surface area contributed by atoms with Gasteiger partial charge >= 0.3 is 5.97 Å². The number of benzene rings is 1. The second kappa shape index (κ2) is 5.73. The van der Waals surface area contributed by atoms with Crippen molar-refractivity contribution in [1.82, 2.24) is 4.90 Å². The smallest absolute Gasteiger partial charge is 0.331 e. The highest BCUT2D eigenvalue weighted by molar-refractivity contribution is 5.88. The summed E-state index contributed by atoms with van der Waals surface area (Å²) >= 11 is 0. The molecule has 2 atom stereocenters. The van der Waals surface area contributed by atoms with Gasteiger partial charge in [0.2, 0.25) is 0 Å². The quantitative estimate of drug-likeness (QED) is 0.738. The summed E-state index contributed by atoms with van der Waals surface area (Å²) in [5, 5.41) is 0. The maximum atomic E-state index is 12.6. The molecule has 0 spiro atoms. The molecular weight excluding hydrogens is 274 g/mol. The van der Waals surface area contributed by atoms with Crippen LogP contribution in [-0.2, 0) is 25.5 Å². The highest BCUT2D eigenvalue weighted by atomic mass is 16.5. The van der Waals surface area contributed by atoms with Crippen molar-refractivity contribution < 1.29 is 23.8 Å². The lowest BCUT2D eigenvalue weighted by atomic mass is 10.1. The van der Waals surface area contributed by atoms with Gasteiger partial charge in [-0.15, -0.1) is 0 Å². The van der Waals surface area contributed by atoms with Crippen LogP contribution in [0.25, 0.3) is 0 Å². The van der Waals surface area contributed by atoms with E-state index in [1.165, 1.54) is 12.0 Å². The summed E-state index contributed by atoms with van der Waals surface area (Å²) in [7, 11) is 1.31. The Morgan fingerprint density at radius 3 is 2.90 bits per heavy atom. The number of methoxy groups -OCH3 is 1. The summed E-state index contributed by atoms with van der Waals surface area (Å²) < 4.78 is 15.7. The van der Waals surface area contributed by atoms with Gasteiger partial charge in [0.1, 0.15) is 5.75 Å². The van der Waals surface area contributed by atoms with Crippen LogP contribution in [0.1, 0.15) is 5.56 Å². The number of carbonyl (C=O) groups excluding carboxylic acids is 2. The summed E-state index contributed by atoms with van der Waals surface area (Å²) in [5.41, 5.74) is 1.01. The van der Waals surface area contributed by atoms with E-state index in [0.29, 0.717) is 19.6 Å². The van der Waals surface area contributed by atoms with Crippen molar-refractivity contribution >= 4 is 11.9 Å². The molecule has 0 bridgehead atoms. The molecule has 2 unspecified atom stereocenters. The molecule has 1 fully saturated rings. The average Bonchev–Trinajstić information content (AvgIpc) is 2.97. The number of carbonyl (C=O) groups is 2. The van der Waals surface area contributed by atoms with Gasteiger partial charge in [-0.2, -0.15) is 0 Å². The highest BCUT2D eigenvalue weighted by Gasteiger charge is 2.39. The van der Waals surface area contributed by atoms with Crippen molar-refractivity contribution in [1.29, 1.82) is 0 Å². The maximum absolute atomic E-state index is 12.6. The molecule has 0 N–H and O–H groups in total. The third-order valence-electron chi connectivity index (χ3n) is 3.81. The van der Waals surface area contributed by atoms with E-state index in [0.717, 1.165) is 11.3 Å². The first kappa shape index (κ1) is 13.9. The van der Waals surface area contributed by atoms with Crippen molar-refractivity contribution in [3.05, 3.63) is 29.8 Å². The Morgan fingerprint density at radius 1 is 1.33 bits per heavy atom. The van der Waals surface area contributed by atoms with E-state index in [9.17, 15) is 9.59 Å². The predicted octanol–water partition coefficient (Wildman–Crippen LogP) is 0.390. The molecule has 3 rings (SSSR count). The minimum absolute atomic E-state index is 0.165. The third kappa shape index (κ3) is 2.58. The molecule has 2 aliphatic rings. The Hall–Kier alpha value is -2.08. The van der Waals surface area contributed by atoms with Crippen LogP contribution >= 0.6 is 0 Å². The Balaban J connectivity index is 1.74. The Labute approximate surface area is 122 Å². The van der Waals surface area contributed by atoms with E-state index in [1.54, 1.807) is 0 Å². The monoisotopic (exact) mass is 291 g/mol. The molecule has 0 aliphatic carbocycles. The molecule has 6 nitrogen and oxygen atoms in total. The molecule has 1 aromatic carbocycles. The first-order valence-corrected chi connectivity index (χ1v) is 6.91. The Kier molecular flexibility index (Phi) is 3.79. The normalized spacial score (nSPS) is 24.1. The molecule has 2 heterocycles. The van der Waals surface area contributed by atoms with Crippen LogP contribution in [0.15, 0.2) is 24.3 Å². The van der Waals surface area contributed by atoms with Crippen LogP contribution in [0.4, 0.5) is 0 Å². The number of hydrogen-bond donors (Lipinski definition) is 0. The van der Waals surface area contributed by atoms with Crippen LogP contribution in [0.2, 0.25) is 0 Å². The molecule has 21 heavy (non-hydrogen) atoms. The van der Waals surface area contributed by atoms with Gasteiger partial charge in [-0.25, -0.2) is 4.79 Å². The number of esters is 1. The number of ether oxygens (including phenoxy) is 3. The zero-order valence-electron chi connectivity index (χ0n) is 11.8. The Bertz CT molecular complexity index is 534. The SMILES string of the molecule is COC(=O)C1COCCN1C(=O)C1Cc2ccccc2O1. The fourth-order valence-corrected chi connectivity index (χ4v) is 2.70. The standard InChI is InChI=1S/C15H17NO5/c1-19-15(18)11-9-20-7-6-16(11)14(17)13-8-10-4-2-3-5-12(10)21-13/h2-5,11,13H,6-9H2,1H3. The van der Waals surface area contributed by atoms with Crippen LogP contribution in [0.5, 0.6) is 5.75 Å². The lowest BCUT2D eigenvalue weighted by molar-refractivity contribution is -0.163. The summed E-state index contributed by atoms with van der Waals surface area (Å²) in [4.78, 5) is 25.9. The summed E-state index contributed by atoms with van der Waals surface area (Å²) in [6.07, 6.45) is -0.0482. The first-order valence-electron chi connectivity index (χ1n) is 6.91. The Morgan fingerprint density at radius 2 is 2.14 bits per heavy atom. The largest absolute Gasteiger partial charge is 0.480 e. The lowest BCUT2D eigenvalue weighted by Crippen LogP contribution is -2.56. The van der Waals surface area contributed by atoms with E-state index in [1.807, 2.05) is 24.3 Å². The van der Waals surface area contributed by atoms with Gasteiger partial charge in [-0.05, 0) is 11.6 Å². The second-order valence-electron chi connectivity index (χ2n) is 5.06. The number of hydrogen-bond acceptors (Lipinski definition) is 5. The predicted molar refractivity (Wildman–Crippen MR) is 72.9 cm³/mol. The van der Waals surface area contributed by atoms with Gasteiger partial charge in [-0.3, -0.25) is 4.79 Å². The van der Waals surface area contributed by atoms with Gasteiger partial charge in [-0.1, -0.05) is 18.2 Å². The van der Waals surface area contributed by atoms with E-state index in [-0.39, 0.29) is 12.5 Å². The summed E-state index contributed by atoms with van der Waals surface area (Å²) in [5.74, 6) is 0.0854.